The molecule has 0 aromatic carbocycles. The van der Waals surface area contributed by atoms with Gasteiger partial charge in [0.05, 0.1) is 24.4 Å². The molecular formula is C11H14F3N3O. The lowest BCUT2D eigenvalue weighted by Crippen LogP contribution is -2.24. The second-order valence-corrected chi connectivity index (χ2v) is 4.48. The average molecular weight is 261 g/mol. The molecule has 0 spiro atoms. The van der Waals surface area contributed by atoms with Crippen molar-refractivity contribution in [1.82, 2.24) is 15.5 Å². The van der Waals surface area contributed by atoms with E-state index in [0.29, 0.717) is 5.92 Å². The number of hydrogen-bond acceptors (Lipinski definition) is 2. The van der Waals surface area contributed by atoms with Gasteiger partial charge in [-0.15, -0.1) is 0 Å². The molecule has 0 unspecified atom stereocenters. The molecule has 100 valence electrons. The van der Waals surface area contributed by atoms with E-state index in [2.05, 4.69) is 15.5 Å². The van der Waals surface area contributed by atoms with Crippen molar-refractivity contribution < 1.29 is 18.0 Å². The van der Waals surface area contributed by atoms with Crippen LogP contribution in [0.15, 0.2) is 6.07 Å². The molecule has 4 nitrogen and oxygen atoms in total. The van der Waals surface area contributed by atoms with Crippen LogP contribution in [0.2, 0.25) is 0 Å². The van der Waals surface area contributed by atoms with Crippen molar-refractivity contribution in [1.29, 1.82) is 0 Å². The Labute approximate surface area is 102 Å². The molecule has 1 aromatic heterocycles. The van der Waals surface area contributed by atoms with E-state index in [4.69, 9.17) is 0 Å². The summed E-state index contributed by atoms with van der Waals surface area (Å²) in [5.74, 6) is -0.0918. The van der Waals surface area contributed by atoms with Crippen molar-refractivity contribution in [2.75, 3.05) is 0 Å². The van der Waals surface area contributed by atoms with Gasteiger partial charge in [0, 0.05) is 12.3 Å². The third-order valence-corrected chi connectivity index (χ3v) is 2.76. The molecule has 7 heteroatoms. The average Bonchev–Trinajstić information content (AvgIpc) is 3.03. The highest BCUT2D eigenvalue weighted by atomic mass is 19.4. The van der Waals surface area contributed by atoms with Gasteiger partial charge >= 0.3 is 6.18 Å². The molecule has 0 aliphatic heterocycles. The maximum atomic E-state index is 11.9. The van der Waals surface area contributed by atoms with Gasteiger partial charge in [-0.1, -0.05) is 0 Å². The van der Waals surface area contributed by atoms with Gasteiger partial charge in [0.15, 0.2) is 0 Å². The van der Waals surface area contributed by atoms with Crippen LogP contribution >= 0.6 is 0 Å². The Morgan fingerprint density at radius 1 is 1.50 bits per heavy atom. The summed E-state index contributed by atoms with van der Waals surface area (Å²) >= 11 is 0. The zero-order valence-corrected chi connectivity index (χ0v) is 9.68. The summed E-state index contributed by atoms with van der Waals surface area (Å²) in [4.78, 5) is 11.2. The molecule has 1 saturated carbocycles. The zero-order chi connectivity index (χ0) is 13.2. The van der Waals surface area contributed by atoms with Gasteiger partial charge in [-0.05, 0) is 18.9 Å². The van der Waals surface area contributed by atoms with Gasteiger partial charge in [0.1, 0.15) is 0 Å². The minimum Gasteiger partial charge on any atom is -0.350 e. The summed E-state index contributed by atoms with van der Waals surface area (Å²) in [6, 6.07) is 1.85. The maximum Gasteiger partial charge on any atom is 0.389 e. The molecule has 1 fully saturated rings. The van der Waals surface area contributed by atoms with Crippen LogP contribution < -0.4 is 5.32 Å². The van der Waals surface area contributed by atoms with E-state index in [0.717, 1.165) is 24.2 Å². The van der Waals surface area contributed by atoms with Crippen molar-refractivity contribution >= 4 is 5.91 Å². The van der Waals surface area contributed by atoms with Gasteiger partial charge in [0.25, 0.3) is 0 Å². The normalized spacial score (nSPS) is 15.7. The quantitative estimate of drug-likeness (QED) is 0.854. The van der Waals surface area contributed by atoms with E-state index in [1.54, 1.807) is 0 Å². The molecule has 1 amide bonds. The standard InChI is InChI=1S/C11H14F3N3O/c12-11(13,14)4-3-10(18)15-6-8-5-9(17-16-8)7-1-2-7/h5,7H,1-4,6H2,(H,15,18)(H,16,17). The van der Waals surface area contributed by atoms with Crippen molar-refractivity contribution in [3.05, 3.63) is 17.5 Å². The van der Waals surface area contributed by atoms with Gasteiger partial charge in [-0.25, -0.2) is 0 Å². The number of nitrogens with one attached hydrogen (secondary N) is 2. The first-order valence-corrected chi connectivity index (χ1v) is 5.82. The second kappa shape index (κ2) is 4.99. The van der Waals surface area contributed by atoms with Crippen LogP contribution in [-0.4, -0.2) is 22.3 Å². The highest BCUT2D eigenvalue weighted by Gasteiger charge is 2.28. The molecule has 1 aliphatic carbocycles. The maximum absolute atomic E-state index is 11.9. The van der Waals surface area contributed by atoms with Crippen LogP contribution in [0.1, 0.15) is 43.0 Å². The van der Waals surface area contributed by atoms with E-state index in [1.807, 2.05) is 6.07 Å². The largest absolute Gasteiger partial charge is 0.389 e. The molecule has 2 rings (SSSR count). The minimum atomic E-state index is -4.29. The summed E-state index contributed by atoms with van der Waals surface area (Å²) < 4.78 is 35.6. The van der Waals surface area contributed by atoms with Gasteiger partial charge in [-0.2, -0.15) is 18.3 Å². The number of aromatic amines is 1. The van der Waals surface area contributed by atoms with Crippen LogP contribution in [0.5, 0.6) is 0 Å². The van der Waals surface area contributed by atoms with Crippen LogP contribution in [0.25, 0.3) is 0 Å². The number of halogens is 3. The minimum absolute atomic E-state index is 0.191. The van der Waals surface area contributed by atoms with E-state index in [-0.39, 0.29) is 6.54 Å². The summed E-state index contributed by atoms with van der Waals surface area (Å²) in [5.41, 5.74) is 1.69. The summed E-state index contributed by atoms with van der Waals surface area (Å²) in [6.45, 7) is 0.191. The lowest BCUT2D eigenvalue weighted by Gasteiger charge is -2.06. The first-order valence-electron chi connectivity index (χ1n) is 5.82. The fourth-order valence-electron chi connectivity index (χ4n) is 1.60. The highest BCUT2D eigenvalue weighted by Crippen LogP contribution is 2.38. The van der Waals surface area contributed by atoms with Crippen molar-refractivity contribution in [2.45, 2.75) is 44.3 Å². The van der Waals surface area contributed by atoms with E-state index in [9.17, 15) is 18.0 Å². The van der Waals surface area contributed by atoms with Crippen LogP contribution in [-0.2, 0) is 11.3 Å². The summed E-state index contributed by atoms with van der Waals surface area (Å²) in [5, 5.41) is 9.29. The zero-order valence-electron chi connectivity index (χ0n) is 9.68. The third kappa shape index (κ3) is 4.05. The van der Waals surface area contributed by atoms with Gasteiger partial charge < -0.3 is 5.32 Å². The molecule has 1 aromatic rings. The summed E-state index contributed by atoms with van der Waals surface area (Å²) in [6.07, 6.45) is -3.66. The van der Waals surface area contributed by atoms with Gasteiger partial charge in [0.2, 0.25) is 5.91 Å². The Morgan fingerprint density at radius 3 is 2.83 bits per heavy atom. The van der Waals surface area contributed by atoms with Crippen LogP contribution in [0.4, 0.5) is 13.2 Å². The van der Waals surface area contributed by atoms with Crippen molar-refractivity contribution in [3.63, 3.8) is 0 Å². The molecule has 0 bridgehead atoms. The topological polar surface area (TPSA) is 57.8 Å². The van der Waals surface area contributed by atoms with Crippen molar-refractivity contribution in [2.24, 2.45) is 0 Å². The molecular weight excluding hydrogens is 247 g/mol. The first-order chi connectivity index (χ1) is 8.44. The first kappa shape index (κ1) is 12.9. The Hall–Kier alpha value is -1.53. The third-order valence-electron chi connectivity index (χ3n) is 2.76. The number of alkyl halides is 3. The fraction of sp³-hybridized carbons (Fsp3) is 0.636. The lowest BCUT2D eigenvalue weighted by atomic mass is 10.2. The molecule has 2 N–H and O–H groups in total. The predicted octanol–water partition coefficient (Wildman–Crippen LogP) is 2.25. The van der Waals surface area contributed by atoms with E-state index in [1.165, 1.54) is 0 Å². The Bertz CT molecular complexity index is 423. The number of aromatic nitrogens is 2. The Kier molecular flexibility index (Phi) is 3.58. The monoisotopic (exact) mass is 261 g/mol. The Morgan fingerprint density at radius 2 is 2.22 bits per heavy atom. The van der Waals surface area contributed by atoms with Crippen LogP contribution in [0.3, 0.4) is 0 Å². The lowest BCUT2D eigenvalue weighted by molar-refractivity contribution is -0.144. The number of amides is 1. The SMILES string of the molecule is O=C(CCC(F)(F)F)NCc1cc(C2CC2)n[nH]1. The molecule has 0 radical (unpaired) electrons. The second-order valence-electron chi connectivity index (χ2n) is 4.48. The number of nitrogens with zero attached hydrogens (tertiary/aromatic N) is 1. The molecule has 18 heavy (non-hydrogen) atoms. The highest BCUT2D eigenvalue weighted by molar-refractivity contribution is 5.75. The molecule has 1 heterocycles. The van der Waals surface area contributed by atoms with E-state index < -0.39 is 24.9 Å². The molecule has 0 saturated heterocycles. The smallest absolute Gasteiger partial charge is 0.350 e. The molecule has 0 atom stereocenters. The number of H-pyrrole nitrogens is 1. The predicted molar refractivity (Wildman–Crippen MR) is 57.7 cm³/mol. The number of hydrogen-bond donors (Lipinski definition) is 2. The van der Waals surface area contributed by atoms with Gasteiger partial charge in [-0.3, -0.25) is 9.89 Å². The van der Waals surface area contributed by atoms with E-state index >= 15 is 0 Å². The number of carbonyl (C=O) groups excluding carboxylic acids is 1. The number of rotatable bonds is 5. The van der Waals surface area contributed by atoms with Crippen LogP contribution in [0, 0.1) is 0 Å². The fourth-order valence-corrected chi connectivity index (χ4v) is 1.60. The number of carbonyl (C=O) groups is 1. The summed E-state index contributed by atoms with van der Waals surface area (Å²) in [7, 11) is 0. The van der Waals surface area contributed by atoms with Crippen molar-refractivity contribution in [3.8, 4) is 0 Å². The molecule has 1 aliphatic rings. The Balaban J connectivity index is 1.71.